The van der Waals surface area contributed by atoms with E-state index in [0.717, 1.165) is 0 Å². The van der Waals surface area contributed by atoms with Crippen molar-refractivity contribution in [3.8, 4) is 0 Å². The van der Waals surface area contributed by atoms with Gasteiger partial charge in [0.05, 0.1) is 6.10 Å². The van der Waals surface area contributed by atoms with Crippen molar-refractivity contribution in [2.75, 3.05) is 13.1 Å². The van der Waals surface area contributed by atoms with E-state index in [1.54, 1.807) is 11.8 Å². The maximum atomic E-state index is 11.9. The smallest absolute Gasteiger partial charge is 0.410 e. The monoisotopic (exact) mass is 271 g/mol. The zero-order valence-corrected chi connectivity index (χ0v) is 12.3. The molecule has 0 radical (unpaired) electrons. The first-order valence-electron chi connectivity index (χ1n) is 6.88. The van der Waals surface area contributed by atoms with E-state index < -0.39 is 11.7 Å². The predicted molar refractivity (Wildman–Crippen MR) is 71.8 cm³/mol. The Morgan fingerprint density at radius 2 is 2.11 bits per heavy atom. The molecule has 0 saturated carbocycles. The number of nitrogens with zero attached hydrogens (tertiary/aromatic N) is 1. The number of ketones is 1. The lowest BCUT2D eigenvalue weighted by Crippen LogP contribution is -2.37. The average molecular weight is 271 g/mol. The number of likely N-dealkylation sites (tertiary alicyclic amines) is 1. The molecule has 1 amide bonds. The molecule has 0 aliphatic carbocycles. The largest absolute Gasteiger partial charge is 0.444 e. The van der Waals surface area contributed by atoms with Crippen LogP contribution in [0.4, 0.5) is 4.79 Å². The molecule has 1 heterocycles. The molecule has 1 aliphatic heterocycles. The van der Waals surface area contributed by atoms with Crippen LogP contribution in [0.15, 0.2) is 0 Å². The van der Waals surface area contributed by atoms with Crippen LogP contribution in [0, 0.1) is 5.92 Å². The molecule has 1 N–H and O–H groups in total. The van der Waals surface area contributed by atoms with Crippen molar-refractivity contribution >= 4 is 11.9 Å². The van der Waals surface area contributed by atoms with Crippen molar-refractivity contribution in [3.63, 3.8) is 0 Å². The SMILES string of the molecule is CC(O)CC1CCN(C(=O)OC(C)(C)C)CCC1=O. The Labute approximate surface area is 114 Å². The summed E-state index contributed by atoms with van der Waals surface area (Å²) in [6, 6.07) is 0. The van der Waals surface area contributed by atoms with Crippen LogP contribution in [0.5, 0.6) is 0 Å². The molecule has 1 saturated heterocycles. The molecule has 2 unspecified atom stereocenters. The molecular weight excluding hydrogens is 246 g/mol. The molecule has 5 heteroatoms. The quantitative estimate of drug-likeness (QED) is 0.834. The highest BCUT2D eigenvalue weighted by Crippen LogP contribution is 2.20. The Morgan fingerprint density at radius 3 is 2.63 bits per heavy atom. The number of hydrogen-bond acceptors (Lipinski definition) is 4. The van der Waals surface area contributed by atoms with E-state index in [2.05, 4.69) is 0 Å². The van der Waals surface area contributed by atoms with Gasteiger partial charge in [-0.15, -0.1) is 0 Å². The zero-order valence-electron chi connectivity index (χ0n) is 12.3. The molecule has 5 nitrogen and oxygen atoms in total. The molecular formula is C14H25NO4. The van der Waals surface area contributed by atoms with Crippen molar-refractivity contribution < 1.29 is 19.4 Å². The van der Waals surface area contributed by atoms with E-state index in [9.17, 15) is 14.7 Å². The molecule has 0 bridgehead atoms. The van der Waals surface area contributed by atoms with Crippen LogP contribution >= 0.6 is 0 Å². The molecule has 1 aliphatic rings. The number of Topliss-reactive ketones (excluding diaryl/α,β-unsaturated/α-hetero) is 1. The molecule has 2 atom stereocenters. The van der Waals surface area contributed by atoms with Gasteiger partial charge in [0.15, 0.2) is 0 Å². The Balaban J connectivity index is 2.58. The fourth-order valence-corrected chi connectivity index (χ4v) is 2.20. The summed E-state index contributed by atoms with van der Waals surface area (Å²) in [5.74, 6) is -0.0144. The van der Waals surface area contributed by atoms with Gasteiger partial charge in [0.1, 0.15) is 11.4 Å². The molecule has 110 valence electrons. The highest BCUT2D eigenvalue weighted by molar-refractivity contribution is 5.82. The normalized spacial score (nSPS) is 22.9. The van der Waals surface area contributed by atoms with E-state index in [4.69, 9.17) is 4.74 Å². The van der Waals surface area contributed by atoms with Crippen LogP contribution in [0.3, 0.4) is 0 Å². The second-order valence-electron chi connectivity index (χ2n) is 6.25. The molecule has 0 aromatic carbocycles. The van der Waals surface area contributed by atoms with Crippen LogP contribution in [0.1, 0.15) is 47.0 Å². The maximum absolute atomic E-state index is 11.9. The van der Waals surface area contributed by atoms with Crippen molar-refractivity contribution in [2.45, 2.75) is 58.7 Å². The summed E-state index contributed by atoms with van der Waals surface area (Å²) in [6.07, 6.45) is 0.570. The van der Waals surface area contributed by atoms with Gasteiger partial charge in [0.2, 0.25) is 0 Å². The van der Waals surface area contributed by atoms with Gasteiger partial charge < -0.3 is 14.7 Å². The second kappa shape index (κ2) is 6.37. The lowest BCUT2D eigenvalue weighted by molar-refractivity contribution is -0.123. The lowest BCUT2D eigenvalue weighted by Gasteiger charge is -2.26. The first-order chi connectivity index (χ1) is 8.69. The summed E-state index contributed by atoms with van der Waals surface area (Å²) < 4.78 is 5.31. The molecule has 0 aromatic heterocycles. The van der Waals surface area contributed by atoms with Crippen LogP contribution < -0.4 is 0 Å². The van der Waals surface area contributed by atoms with E-state index in [1.807, 2.05) is 20.8 Å². The fraction of sp³-hybridized carbons (Fsp3) is 0.857. The minimum absolute atomic E-state index is 0.131. The van der Waals surface area contributed by atoms with Crippen molar-refractivity contribution in [2.24, 2.45) is 5.92 Å². The maximum Gasteiger partial charge on any atom is 0.410 e. The number of rotatable bonds is 2. The first-order valence-corrected chi connectivity index (χ1v) is 6.88. The summed E-state index contributed by atoms with van der Waals surface area (Å²) >= 11 is 0. The van der Waals surface area contributed by atoms with Gasteiger partial charge in [-0.05, 0) is 40.5 Å². The van der Waals surface area contributed by atoms with Crippen LogP contribution in [0.2, 0.25) is 0 Å². The minimum atomic E-state index is -0.521. The standard InChI is InChI=1S/C14H25NO4/c1-10(16)9-11-5-7-15(8-6-12(11)17)13(18)19-14(2,3)4/h10-11,16H,5-9H2,1-4H3. The molecule has 0 spiro atoms. The third kappa shape index (κ3) is 5.59. The highest BCUT2D eigenvalue weighted by atomic mass is 16.6. The minimum Gasteiger partial charge on any atom is -0.444 e. The summed E-state index contributed by atoms with van der Waals surface area (Å²) in [7, 11) is 0. The van der Waals surface area contributed by atoms with Crippen LogP contribution in [-0.4, -0.2) is 46.7 Å². The third-order valence-electron chi connectivity index (χ3n) is 3.11. The van der Waals surface area contributed by atoms with Gasteiger partial charge >= 0.3 is 6.09 Å². The van der Waals surface area contributed by atoms with E-state index >= 15 is 0 Å². The Kier molecular flexibility index (Phi) is 5.35. The number of hydrogen-bond donors (Lipinski definition) is 1. The number of amides is 1. The number of ether oxygens (including phenoxy) is 1. The Hall–Kier alpha value is -1.10. The van der Waals surface area contributed by atoms with Gasteiger partial charge in [0, 0.05) is 25.4 Å². The predicted octanol–water partition coefficient (Wildman–Crippen LogP) is 1.97. The van der Waals surface area contributed by atoms with Crippen molar-refractivity contribution in [1.29, 1.82) is 0 Å². The van der Waals surface area contributed by atoms with E-state index in [1.165, 1.54) is 0 Å². The molecule has 1 fully saturated rings. The topological polar surface area (TPSA) is 66.8 Å². The molecule has 0 aromatic rings. The van der Waals surface area contributed by atoms with Crippen molar-refractivity contribution in [1.82, 2.24) is 4.90 Å². The Bertz CT molecular complexity index is 333. The van der Waals surface area contributed by atoms with Gasteiger partial charge in [-0.25, -0.2) is 4.79 Å². The third-order valence-corrected chi connectivity index (χ3v) is 3.11. The van der Waals surface area contributed by atoms with Crippen molar-refractivity contribution in [3.05, 3.63) is 0 Å². The van der Waals surface area contributed by atoms with Crippen LogP contribution in [-0.2, 0) is 9.53 Å². The summed E-state index contributed by atoms with van der Waals surface area (Å²) in [5, 5.41) is 9.38. The average Bonchev–Trinajstić information content (AvgIpc) is 2.39. The number of aliphatic hydroxyl groups is 1. The highest BCUT2D eigenvalue weighted by Gasteiger charge is 2.29. The van der Waals surface area contributed by atoms with Gasteiger partial charge in [-0.3, -0.25) is 4.79 Å². The number of aliphatic hydroxyl groups excluding tert-OH is 1. The first kappa shape index (κ1) is 16.0. The van der Waals surface area contributed by atoms with Gasteiger partial charge in [0.25, 0.3) is 0 Å². The van der Waals surface area contributed by atoms with Crippen LogP contribution in [0.25, 0.3) is 0 Å². The van der Waals surface area contributed by atoms with Gasteiger partial charge in [-0.2, -0.15) is 0 Å². The zero-order chi connectivity index (χ0) is 14.6. The fourth-order valence-electron chi connectivity index (χ4n) is 2.20. The Morgan fingerprint density at radius 1 is 1.47 bits per heavy atom. The van der Waals surface area contributed by atoms with E-state index in [-0.39, 0.29) is 17.8 Å². The lowest BCUT2D eigenvalue weighted by atomic mass is 9.93. The summed E-state index contributed by atoms with van der Waals surface area (Å²) in [6.45, 7) is 8.07. The summed E-state index contributed by atoms with van der Waals surface area (Å²) in [4.78, 5) is 25.4. The molecule has 19 heavy (non-hydrogen) atoms. The van der Waals surface area contributed by atoms with Gasteiger partial charge in [-0.1, -0.05) is 0 Å². The van der Waals surface area contributed by atoms with E-state index in [0.29, 0.717) is 32.4 Å². The second-order valence-corrected chi connectivity index (χ2v) is 6.25. The summed E-state index contributed by atoms with van der Waals surface area (Å²) in [5.41, 5.74) is -0.521. The molecule has 1 rings (SSSR count). The number of carbonyl (C=O) groups is 2. The number of carbonyl (C=O) groups excluding carboxylic acids is 2.